The van der Waals surface area contributed by atoms with Crippen molar-refractivity contribution in [2.75, 3.05) is 6.26 Å². The van der Waals surface area contributed by atoms with Crippen LogP contribution in [0.1, 0.15) is 19.8 Å². The number of hydrogen-bond acceptors (Lipinski definition) is 3. The lowest BCUT2D eigenvalue weighted by atomic mass is 10.3. The molecular formula is C12H15NOS2. The molecule has 0 aliphatic rings. The standard InChI is InChI=1S/C12H15NOS2/c1-3-4-6-13-8-10(15-2)11(14)12-9(13)5-7-16-12/h5,7-8H,3-4,6H2,1-2H3. The molecular weight excluding hydrogens is 238 g/mol. The van der Waals surface area contributed by atoms with Gasteiger partial charge in [0.15, 0.2) is 0 Å². The maximum atomic E-state index is 12.0. The van der Waals surface area contributed by atoms with E-state index in [1.54, 1.807) is 11.3 Å². The molecule has 0 saturated carbocycles. The fourth-order valence-corrected chi connectivity index (χ4v) is 3.18. The second-order valence-corrected chi connectivity index (χ2v) is 5.47. The molecule has 0 bridgehead atoms. The number of fused-ring (bicyclic) bond motifs is 1. The van der Waals surface area contributed by atoms with Crippen molar-refractivity contribution in [3.63, 3.8) is 0 Å². The number of thiophene rings is 1. The summed E-state index contributed by atoms with van der Waals surface area (Å²) in [6.45, 7) is 3.18. The third-order valence-corrected chi connectivity index (χ3v) is 4.26. The predicted molar refractivity (Wildman–Crippen MR) is 72.8 cm³/mol. The summed E-state index contributed by atoms with van der Waals surface area (Å²) in [5, 5.41) is 2.00. The molecule has 0 N–H and O–H groups in total. The molecule has 2 aromatic rings. The van der Waals surface area contributed by atoms with Crippen LogP contribution in [0.15, 0.2) is 27.3 Å². The first kappa shape index (κ1) is 11.7. The fourth-order valence-electron chi connectivity index (χ4n) is 1.74. The van der Waals surface area contributed by atoms with Gasteiger partial charge in [0.1, 0.15) is 0 Å². The predicted octanol–water partition coefficient (Wildman–Crippen LogP) is 3.59. The first-order valence-corrected chi connectivity index (χ1v) is 7.53. The molecule has 0 aliphatic carbocycles. The number of nitrogens with zero attached hydrogens (tertiary/aromatic N) is 1. The first-order chi connectivity index (χ1) is 7.77. The number of rotatable bonds is 4. The van der Waals surface area contributed by atoms with Crippen LogP contribution in [0.4, 0.5) is 0 Å². The lowest BCUT2D eigenvalue weighted by Gasteiger charge is -2.09. The van der Waals surface area contributed by atoms with Crippen molar-refractivity contribution < 1.29 is 0 Å². The normalized spacial score (nSPS) is 11.1. The van der Waals surface area contributed by atoms with Gasteiger partial charge in [0.25, 0.3) is 0 Å². The van der Waals surface area contributed by atoms with Gasteiger partial charge in [0.2, 0.25) is 5.43 Å². The third-order valence-electron chi connectivity index (χ3n) is 2.63. The summed E-state index contributed by atoms with van der Waals surface area (Å²) in [7, 11) is 0. The zero-order valence-electron chi connectivity index (χ0n) is 9.53. The highest BCUT2D eigenvalue weighted by Crippen LogP contribution is 2.21. The smallest absolute Gasteiger partial charge is 0.212 e. The summed E-state index contributed by atoms with van der Waals surface area (Å²) >= 11 is 3.08. The van der Waals surface area contributed by atoms with E-state index < -0.39 is 0 Å². The van der Waals surface area contributed by atoms with Crippen LogP contribution in [0, 0.1) is 0 Å². The Bertz CT molecular complexity index is 541. The summed E-state index contributed by atoms with van der Waals surface area (Å²) in [6.07, 6.45) is 6.28. The molecule has 0 amide bonds. The van der Waals surface area contributed by atoms with Gasteiger partial charge in [0.05, 0.1) is 15.1 Å². The third kappa shape index (κ3) is 2.04. The number of aryl methyl sites for hydroxylation is 1. The summed E-state index contributed by atoms with van der Waals surface area (Å²) < 4.78 is 3.10. The van der Waals surface area contributed by atoms with E-state index in [-0.39, 0.29) is 5.43 Å². The molecule has 0 aromatic carbocycles. The molecule has 0 saturated heterocycles. The average Bonchev–Trinajstić information content (AvgIpc) is 2.78. The average molecular weight is 253 g/mol. The number of unbranched alkanes of at least 4 members (excludes halogenated alkanes) is 1. The molecule has 0 unspecified atom stereocenters. The molecule has 0 aliphatic heterocycles. The van der Waals surface area contributed by atoms with Gasteiger partial charge in [-0.2, -0.15) is 0 Å². The minimum absolute atomic E-state index is 0.185. The van der Waals surface area contributed by atoms with E-state index in [1.807, 2.05) is 23.9 Å². The Hall–Kier alpha value is -0.740. The van der Waals surface area contributed by atoms with Gasteiger partial charge in [-0.15, -0.1) is 23.1 Å². The Labute approximate surface area is 103 Å². The van der Waals surface area contributed by atoms with E-state index in [2.05, 4.69) is 11.5 Å². The summed E-state index contributed by atoms with van der Waals surface area (Å²) in [6, 6.07) is 2.04. The van der Waals surface area contributed by atoms with Crippen LogP contribution in [-0.4, -0.2) is 10.8 Å². The van der Waals surface area contributed by atoms with E-state index in [1.165, 1.54) is 18.2 Å². The maximum absolute atomic E-state index is 12.0. The Balaban J connectivity index is 2.58. The highest BCUT2D eigenvalue weighted by Gasteiger charge is 2.08. The van der Waals surface area contributed by atoms with Gasteiger partial charge in [0, 0.05) is 12.7 Å². The van der Waals surface area contributed by atoms with Gasteiger partial charge >= 0.3 is 0 Å². The Morgan fingerprint density at radius 1 is 1.50 bits per heavy atom. The molecule has 0 radical (unpaired) electrons. The molecule has 16 heavy (non-hydrogen) atoms. The lowest BCUT2D eigenvalue weighted by Crippen LogP contribution is -2.09. The summed E-state index contributed by atoms with van der Waals surface area (Å²) in [5.41, 5.74) is 1.27. The number of hydrogen-bond donors (Lipinski definition) is 0. The van der Waals surface area contributed by atoms with Crippen molar-refractivity contribution in [1.82, 2.24) is 4.57 Å². The minimum atomic E-state index is 0.185. The van der Waals surface area contributed by atoms with Crippen molar-refractivity contribution in [2.45, 2.75) is 31.2 Å². The van der Waals surface area contributed by atoms with E-state index in [0.717, 1.165) is 28.1 Å². The van der Waals surface area contributed by atoms with Crippen LogP contribution in [0.5, 0.6) is 0 Å². The van der Waals surface area contributed by atoms with Crippen LogP contribution >= 0.6 is 23.1 Å². The number of aromatic nitrogens is 1. The second-order valence-electron chi connectivity index (χ2n) is 3.71. The molecule has 4 heteroatoms. The highest BCUT2D eigenvalue weighted by molar-refractivity contribution is 7.98. The summed E-state index contributed by atoms with van der Waals surface area (Å²) in [4.78, 5) is 12.9. The summed E-state index contributed by atoms with van der Waals surface area (Å²) in [5.74, 6) is 0. The van der Waals surface area contributed by atoms with Crippen molar-refractivity contribution in [1.29, 1.82) is 0 Å². The van der Waals surface area contributed by atoms with Gasteiger partial charge in [-0.1, -0.05) is 13.3 Å². The topological polar surface area (TPSA) is 22.0 Å². The van der Waals surface area contributed by atoms with E-state index in [0.29, 0.717) is 0 Å². The van der Waals surface area contributed by atoms with Crippen LogP contribution in [0.3, 0.4) is 0 Å². The molecule has 2 nitrogen and oxygen atoms in total. The molecule has 2 heterocycles. The second kappa shape index (κ2) is 5.06. The minimum Gasteiger partial charge on any atom is -0.345 e. The van der Waals surface area contributed by atoms with E-state index in [9.17, 15) is 4.79 Å². The van der Waals surface area contributed by atoms with Gasteiger partial charge in [-0.05, 0) is 24.1 Å². The molecule has 2 rings (SSSR count). The lowest BCUT2D eigenvalue weighted by molar-refractivity contribution is 0.641. The Morgan fingerprint density at radius 3 is 3.00 bits per heavy atom. The van der Waals surface area contributed by atoms with Crippen LogP contribution < -0.4 is 5.43 Å². The SMILES string of the molecule is CCCCn1cc(SC)c(=O)c2sccc21. The molecule has 86 valence electrons. The first-order valence-electron chi connectivity index (χ1n) is 5.42. The van der Waals surface area contributed by atoms with Crippen molar-refractivity contribution >= 4 is 33.3 Å². The van der Waals surface area contributed by atoms with Crippen LogP contribution in [-0.2, 0) is 6.54 Å². The quantitative estimate of drug-likeness (QED) is 0.777. The molecule has 0 fully saturated rings. The largest absolute Gasteiger partial charge is 0.345 e. The number of thioether (sulfide) groups is 1. The van der Waals surface area contributed by atoms with Crippen molar-refractivity contribution in [3.05, 3.63) is 27.9 Å². The van der Waals surface area contributed by atoms with Crippen molar-refractivity contribution in [2.24, 2.45) is 0 Å². The van der Waals surface area contributed by atoms with E-state index in [4.69, 9.17) is 0 Å². The van der Waals surface area contributed by atoms with Gasteiger partial charge in [-0.3, -0.25) is 4.79 Å². The van der Waals surface area contributed by atoms with Gasteiger partial charge < -0.3 is 4.57 Å². The maximum Gasteiger partial charge on any atom is 0.212 e. The van der Waals surface area contributed by atoms with Crippen molar-refractivity contribution in [3.8, 4) is 0 Å². The van der Waals surface area contributed by atoms with Crippen LogP contribution in [0.2, 0.25) is 0 Å². The number of pyridine rings is 1. The zero-order chi connectivity index (χ0) is 11.5. The zero-order valence-corrected chi connectivity index (χ0v) is 11.2. The molecule has 0 spiro atoms. The van der Waals surface area contributed by atoms with Crippen LogP contribution in [0.25, 0.3) is 10.2 Å². The molecule has 0 atom stereocenters. The fraction of sp³-hybridized carbons (Fsp3) is 0.417. The highest BCUT2D eigenvalue weighted by atomic mass is 32.2. The Morgan fingerprint density at radius 2 is 2.31 bits per heavy atom. The van der Waals surface area contributed by atoms with Gasteiger partial charge in [-0.25, -0.2) is 0 Å². The van der Waals surface area contributed by atoms with E-state index >= 15 is 0 Å². The monoisotopic (exact) mass is 253 g/mol. The Kier molecular flexibility index (Phi) is 3.71. The molecule has 2 aromatic heterocycles.